The van der Waals surface area contributed by atoms with E-state index in [1.807, 2.05) is 36.5 Å². The Hall–Kier alpha value is -2.62. The fraction of sp³-hybridized carbons (Fsp3) is 0.125. The summed E-state index contributed by atoms with van der Waals surface area (Å²) in [7, 11) is 0. The third-order valence-corrected chi connectivity index (χ3v) is 3.37. The highest BCUT2D eigenvalue weighted by Crippen LogP contribution is 2.26. The number of nitrogens with zero attached hydrogens (tertiary/aromatic N) is 2. The minimum Gasteiger partial charge on any atom is -0.397 e. The average molecular weight is 264 g/mol. The molecule has 4 heteroatoms. The number of hydrogen-bond acceptors (Lipinski definition) is 4. The van der Waals surface area contributed by atoms with Gasteiger partial charge in [-0.05, 0) is 42.8 Å². The van der Waals surface area contributed by atoms with Crippen LogP contribution in [0.2, 0.25) is 0 Å². The van der Waals surface area contributed by atoms with Crippen molar-refractivity contribution in [1.82, 2.24) is 9.97 Å². The Labute approximate surface area is 117 Å². The highest BCUT2D eigenvalue weighted by atomic mass is 14.9. The van der Waals surface area contributed by atoms with Crippen LogP contribution >= 0.6 is 0 Å². The molecule has 0 saturated heterocycles. The molecular weight excluding hydrogens is 248 g/mol. The van der Waals surface area contributed by atoms with Crippen LogP contribution in [0.4, 0.5) is 11.4 Å². The quantitative estimate of drug-likeness (QED) is 0.713. The van der Waals surface area contributed by atoms with Crippen molar-refractivity contribution < 1.29 is 0 Å². The predicted molar refractivity (Wildman–Crippen MR) is 82.5 cm³/mol. The van der Waals surface area contributed by atoms with E-state index in [4.69, 9.17) is 5.73 Å². The van der Waals surface area contributed by atoms with Crippen molar-refractivity contribution in [3.05, 3.63) is 60.0 Å². The lowest BCUT2D eigenvalue weighted by molar-refractivity contribution is 1.02. The zero-order chi connectivity index (χ0) is 13.9. The molecule has 0 fully saturated rings. The summed E-state index contributed by atoms with van der Waals surface area (Å²) in [5.74, 6) is 0. The maximum absolute atomic E-state index is 5.95. The Kier molecular flexibility index (Phi) is 3.21. The van der Waals surface area contributed by atoms with E-state index < -0.39 is 0 Å². The lowest BCUT2D eigenvalue weighted by Gasteiger charge is -2.11. The van der Waals surface area contributed by atoms with E-state index in [1.165, 1.54) is 5.56 Å². The highest BCUT2D eigenvalue weighted by Gasteiger charge is 2.05. The van der Waals surface area contributed by atoms with Crippen LogP contribution in [0.3, 0.4) is 0 Å². The van der Waals surface area contributed by atoms with Crippen LogP contribution in [0, 0.1) is 6.92 Å². The number of pyridine rings is 2. The van der Waals surface area contributed by atoms with E-state index in [2.05, 4.69) is 28.3 Å². The van der Waals surface area contributed by atoms with Crippen molar-refractivity contribution in [2.45, 2.75) is 13.5 Å². The van der Waals surface area contributed by atoms with Gasteiger partial charge in [0.15, 0.2) is 0 Å². The Balaban J connectivity index is 1.92. The molecule has 2 aromatic heterocycles. The van der Waals surface area contributed by atoms with Gasteiger partial charge in [0.2, 0.25) is 0 Å². The molecule has 0 saturated carbocycles. The smallest absolute Gasteiger partial charge is 0.0951 e. The van der Waals surface area contributed by atoms with Crippen LogP contribution in [0.5, 0.6) is 0 Å². The summed E-state index contributed by atoms with van der Waals surface area (Å²) in [5.41, 5.74) is 10.7. The minimum atomic E-state index is 0.681. The van der Waals surface area contributed by atoms with Gasteiger partial charge in [-0.3, -0.25) is 9.97 Å². The van der Waals surface area contributed by atoms with E-state index in [9.17, 15) is 0 Å². The molecule has 4 nitrogen and oxygen atoms in total. The lowest BCUT2D eigenvalue weighted by Crippen LogP contribution is -2.04. The molecule has 0 radical (unpaired) electrons. The first-order valence-electron chi connectivity index (χ1n) is 6.53. The van der Waals surface area contributed by atoms with Gasteiger partial charge in [0.05, 0.1) is 23.4 Å². The summed E-state index contributed by atoms with van der Waals surface area (Å²) in [6.45, 7) is 2.74. The van der Waals surface area contributed by atoms with Crippen LogP contribution in [0.25, 0.3) is 10.9 Å². The summed E-state index contributed by atoms with van der Waals surface area (Å²) in [6, 6.07) is 11.8. The molecule has 0 aliphatic heterocycles. The van der Waals surface area contributed by atoms with Crippen molar-refractivity contribution in [2.75, 3.05) is 11.1 Å². The Bertz CT molecular complexity index is 752. The molecule has 0 spiro atoms. The van der Waals surface area contributed by atoms with Gasteiger partial charge in [-0.2, -0.15) is 0 Å². The van der Waals surface area contributed by atoms with E-state index >= 15 is 0 Å². The number of anilines is 2. The standard InChI is InChI=1S/C16H16N4/c1-11-4-2-8-18-15(11)10-20-14-7-6-13(17)16-12(14)5-3-9-19-16/h2-9,20H,10,17H2,1H3. The highest BCUT2D eigenvalue weighted by molar-refractivity contribution is 5.98. The van der Waals surface area contributed by atoms with Crippen LogP contribution < -0.4 is 11.1 Å². The number of nitrogen functional groups attached to an aromatic ring is 1. The first-order chi connectivity index (χ1) is 9.75. The topological polar surface area (TPSA) is 63.8 Å². The lowest BCUT2D eigenvalue weighted by atomic mass is 10.1. The molecule has 0 aliphatic rings. The van der Waals surface area contributed by atoms with Gasteiger partial charge in [-0.1, -0.05) is 6.07 Å². The normalized spacial score (nSPS) is 10.7. The molecule has 20 heavy (non-hydrogen) atoms. The van der Waals surface area contributed by atoms with E-state index in [0.29, 0.717) is 12.2 Å². The van der Waals surface area contributed by atoms with Gasteiger partial charge in [0.1, 0.15) is 0 Å². The zero-order valence-electron chi connectivity index (χ0n) is 11.3. The number of hydrogen-bond donors (Lipinski definition) is 2. The second kappa shape index (κ2) is 5.17. The van der Waals surface area contributed by atoms with Crippen LogP contribution in [-0.4, -0.2) is 9.97 Å². The van der Waals surface area contributed by atoms with Gasteiger partial charge < -0.3 is 11.1 Å². The van der Waals surface area contributed by atoms with Crippen molar-refractivity contribution >= 4 is 22.3 Å². The fourth-order valence-electron chi connectivity index (χ4n) is 2.23. The molecule has 0 aliphatic carbocycles. The minimum absolute atomic E-state index is 0.681. The fourth-order valence-corrected chi connectivity index (χ4v) is 2.23. The number of nitrogens with two attached hydrogens (primary N) is 1. The van der Waals surface area contributed by atoms with Gasteiger partial charge in [-0.15, -0.1) is 0 Å². The van der Waals surface area contributed by atoms with Crippen LogP contribution in [0.15, 0.2) is 48.8 Å². The summed E-state index contributed by atoms with van der Waals surface area (Å²) in [4.78, 5) is 8.72. The third-order valence-electron chi connectivity index (χ3n) is 3.37. The Morgan fingerprint density at radius 1 is 1.05 bits per heavy atom. The van der Waals surface area contributed by atoms with Crippen molar-refractivity contribution in [3.63, 3.8) is 0 Å². The number of aromatic nitrogens is 2. The summed E-state index contributed by atoms with van der Waals surface area (Å²) in [5, 5.41) is 4.44. The molecule has 2 heterocycles. The molecule has 3 rings (SSSR count). The molecule has 1 aromatic carbocycles. The Morgan fingerprint density at radius 3 is 2.70 bits per heavy atom. The maximum atomic E-state index is 5.95. The summed E-state index contributed by atoms with van der Waals surface area (Å²) < 4.78 is 0. The van der Waals surface area contributed by atoms with Crippen molar-refractivity contribution in [1.29, 1.82) is 0 Å². The molecule has 0 amide bonds. The maximum Gasteiger partial charge on any atom is 0.0951 e. The summed E-state index contributed by atoms with van der Waals surface area (Å²) in [6.07, 6.45) is 3.57. The summed E-state index contributed by atoms with van der Waals surface area (Å²) >= 11 is 0. The second-order valence-corrected chi connectivity index (χ2v) is 4.72. The number of aryl methyl sites for hydroxylation is 1. The van der Waals surface area contributed by atoms with E-state index in [1.54, 1.807) is 6.20 Å². The van der Waals surface area contributed by atoms with Crippen molar-refractivity contribution in [3.8, 4) is 0 Å². The van der Waals surface area contributed by atoms with E-state index in [0.717, 1.165) is 22.3 Å². The van der Waals surface area contributed by atoms with E-state index in [-0.39, 0.29) is 0 Å². The monoisotopic (exact) mass is 264 g/mol. The molecule has 100 valence electrons. The SMILES string of the molecule is Cc1cccnc1CNc1ccc(N)c2ncccc12. The van der Waals surface area contributed by atoms with Gasteiger partial charge >= 0.3 is 0 Å². The predicted octanol–water partition coefficient (Wildman–Crippen LogP) is 3.13. The molecule has 0 atom stereocenters. The van der Waals surface area contributed by atoms with Gasteiger partial charge in [0, 0.05) is 23.5 Å². The van der Waals surface area contributed by atoms with Crippen molar-refractivity contribution in [2.24, 2.45) is 0 Å². The average Bonchev–Trinajstić information content (AvgIpc) is 2.48. The second-order valence-electron chi connectivity index (χ2n) is 4.72. The first kappa shape index (κ1) is 12.4. The van der Waals surface area contributed by atoms with Crippen LogP contribution in [0.1, 0.15) is 11.3 Å². The number of benzene rings is 1. The Morgan fingerprint density at radius 2 is 1.85 bits per heavy atom. The first-order valence-corrected chi connectivity index (χ1v) is 6.53. The largest absolute Gasteiger partial charge is 0.397 e. The molecule has 0 unspecified atom stereocenters. The third kappa shape index (κ3) is 2.28. The molecular formula is C16H16N4. The number of nitrogens with one attached hydrogen (secondary N) is 1. The molecule has 3 aromatic rings. The van der Waals surface area contributed by atoms with Gasteiger partial charge in [0.25, 0.3) is 0 Å². The number of fused-ring (bicyclic) bond motifs is 1. The number of rotatable bonds is 3. The van der Waals surface area contributed by atoms with Crippen LogP contribution in [-0.2, 0) is 6.54 Å². The zero-order valence-corrected chi connectivity index (χ0v) is 11.3. The molecule has 0 bridgehead atoms. The van der Waals surface area contributed by atoms with Gasteiger partial charge in [-0.25, -0.2) is 0 Å². The molecule has 3 N–H and O–H groups in total.